The fourth-order valence-electron chi connectivity index (χ4n) is 2.85. The Bertz CT molecular complexity index is 538. The molecule has 112 valence electrons. The number of rotatable bonds is 4. The molecule has 5 heteroatoms. The van der Waals surface area contributed by atoms with Crippen molar-refractivity contribution in [3.63, 3.8) is 0 Å². The largest absolute Gasteiger partial charge is 0.368 e. The summed E-state index contributed by atoms with van der Waals surface area (Å²) in [5, 5.41) is 2.89. The van der Waals surface area contributed by atoms with Gasteiger partial charge in [0.2, 0.25) is 5.91 Å². The minimum absolute atomic E-state index is 0.0816. The van der Waals surface area contributed by atoms with Crippen LogP contribution in [0.4, 0.5) is 5.69 Å². The van der Waals surface area contributed by atoms with E-state index in [1.54, 1.807) is 0 Å². The summed E-state index contributed by atoms with van der Waals surface area (Å²) in [5.41, 5.74) is 1.80. The maximum atomic E-state index is 12.0. The summed E-state index contributed by atoms with van der Waals surface area (Å²) in [6, 6.07) is 7.68. The van der Waals surface area contributed by atoms with Crippen molar-refractivity contribution in [3.8, 4) is 0 Å². The van der Waals surface area contributed by atoms with Crippen LogP contribution in [0.15, 0.2) is 24.3 Å². The van der Waals surface area contributed by atoms with Crippen LogP contribution in [0.1, 0.15) is 31.2 Å². The number of nitrogens with zero attached hydrogens (tertiary/aromatic N) is 1. The third kappa shape index (κ3) is 3.42. The molecule has 1 aromatic rings. The molecule has 0 spiro atoms. The highest BCUT2D eigenvalue weighted by molar-refractivity contribution is 5.94. The van der Waals surface area contributed by atoms with Crippen LogP contribution in [0.3, 0.4) is 0 Å². The number of anilines is 1. The van der Waals surface area contributed by atoms with E-state index < -0.39 is 0 Å². The lowest BCUT2D eigenvalue weighted by atomic mass is 10.1. The first-order chi connectivity index (χ1) is 10.2. The van der Waals surface area contributed by atoms with Crippen LogP contribution in [0.5, 0.6) is 0 Å². The molecule has 21 heavy (non-hydrogen) atoms. The molecule has 3 rings (SSSR count). The quantitative estimate of drug-likeness (QED) is 0.921. The van der Waals surface area contributed by atoms with Crippen molar-refractivity contribution in [1.82, 2.24) is 4.90 Å². The van der Waals surface area contributed by atoms with Gasteiger partial charge in [-0.1, -0.05) is 12.1 Å². The number of carbonyl (C=O) groups excluding carboxylic acids is 2. The average molecular weight is 288 g/mol. The minimum atomic E-state index is -0.325. The number of amides is 2. The molecule has 2 fully saturated rings. The second-order valence-corrected chi connectivity index (χ2v) is 5.61. The standard InChI is InChI=1S/C16H20N2O3/c19-15-7-2-8-18(15)11-12-4-1-5-13(10-12)17-16(20)14-6-3-9-21-14/h1,4-5,10,14H,2-3,6-9,11H2,(H,17,20)/t14-/m0/s1. The van der Waals surface area contributed by atoms with E-state index in [4.69, 9.17) is 4.74 Å². The molecule has 0 aliphatic carbocycles. The Morgan fingerprint density at radius 3 is 3.00 bits per heavy atom. The molecule has 1 N–H and O–H groups in total. The van der Waals surface area contributed by atoms with Gasteiger partial charge in [0.25, 0.3) is 5.91 Å². The highest BCUT2D eigenvalue weighted by Crippen LogP contribution is 2.19. The van der Waals surface area contributed by atoms with Gasteiger partial charge in [0, 0.05) is 31.8 Å². The zero-order chi connectivity index (χ0) is 14.7. The third-order valence-corrected chi connectivity index (χ3v) is 3.96. The third-order valence-electron chi connectivity index (χ3n) is 3.96. The topological polar surface area (TPSA) is 58.6 Å². The molecule has 0 saturated carbocycles. The van der Waals surface area contributed by atoms with Crippen LogP contribution < -0.4 is 5.32 Å². The van der Waals surface area contributed by atoms with Crippen LogP contribution in [0.2, 0.25) is 0 Å². The summed E-state index contributed by atoms with van der Waals surface area (Å²) in [5.74, 6) is 0.130. The summed E-state index contributed by atoms with van der Waals surface area (Å²) < 4.78 is 5.37. The van der Waals surface area contributed by atoms with Gasteiger partial charge in [0.15, 0.2) is 0 Å². The molecule has 0 radical (unpaired) electrons. The fourth-order valence-corrected chi connectivity index (χ4v) is 2.85. The summed E-state index contributed by atoms with van der Waals surface area (Å²) in [7, 11) is 0. The van der Waals surface area contributed by atoms with Crippen LogP contribution in [-0.4, -0.2) is 36.0 Å². The SMILES string of the molecule is O=C(Nc1cccc(CN2CCCC2=O)c1)[C@@H]1CCCO1. The lowest BCUT2D eigenvalue weighted by Gasteiger charge is -2.16. The minimum Gasteiger partial charge on any atom is -0.368 e. The second kappa shape index (κ2) is 6.26. The summed E-state index contributed by atoms with van der Waals surface area (Å²) in [6.07, 6.45) is 2.99. The van der Waals surface area contributed by atoms with E-state index in [0.29, 0.717) is 19.6 Å². The lowest BCUT2D eigenvalue weighted by Crippen LogP contribution is -2.27. The Hall–Kier alpha value is -1.88. The second-order valence-electron chi connectivity index (χ2n) is 5.61. The van der Waals surface area contributed by atoms with Gasteiger partial charge >= 0.3 is 0 Å². The van der Waals surface area contributed by atoms with Gasteiger partial charge in [-0.2, -0.15) is 0 Å². The van der Waals surface area contributed by atoms with Crippen molar-refractivity contribution in [1.29, 1.82) is 0 Å². The van der Waals surface area contributed by atoms with Gasteiger partial charge in [-0.05, 0) is 37.0 Å². The smallest absolute Gasteiger partial charge is 0.253 e. The molecule has 1 atom stereocenters. The van der Waals surface area contributed by atoms with Crippen molar-refractivity contribution >= 4 is 17.5 Å². The molecule has 0 bridgehead atoms. The Morgan fingerprint density at radius 2 is 2.29 bits per heavy atom. The van der Waals surface area contributed by atoms with Crippen LogP contribution in [0, 0.1) is 0 Å². The summed E-state index contributed by atoms with van der Waals surface area (Å²) in [6.45, 7) is 2.10. The van der Waals surface area contributed by atoms with Gasteiger partial charge in [-0.25, -0.2) is 0 Å². The van der Waals surface area contributed by atoms with Crippen LogP contribution in [-0.2, 0) is 20.9 Å². The Kier molecular flexibility index (Phi) is 4.20. The first kappa shape index (κ1) is 14.1. The first-order valence-corrected chi connectivity index (χ1v) is 7.51. The molecule has 2 heterocycles. The number of hydrogen-bond acceptors (Lipinski definition) is 3. The van der Waals surface area contributed by atoms with Crippen LogP contribution >= 0.6 is 0 Å². The van der Waals surface area contributed by atoms with E-state index in [9.17, 15) is 9.59 Å². The number of ether oxygens (including phenoxy) is 1. The molecule has 5 nitrogen and oxygen atoms in total. The van der Waals surface area contributed by atoms with Crippen molar-refractivity contribution in [2.24, 2.45) is 0 Å². The number of likely N-dealkylation sites (tertiary alicyclic amines) is 1. The van der Waals surface area contributed by atoms with Crippen LogP contribution in [0.25, 0.3) is 0 Å². The number of benzene rings is 1. The highest BCUT2D eigenvalue weighted by Gasteiger charge is 2.24. The van der Waals surface area contributed by atoms with E-state index in [1.807, 2.05) is 29.2 Å². The van der Waals surface area contributed by atoms with Crippen molar-refractivity contribution in [3.05, 3.63) is 29.8 Å². The maximum absolute atomic E-state index is 12.0. The molecule has 0 aromatic heterocycles. The summed E-state index contributed by atoms with van der Waals surface area (Å²) in [4.78, 5) is 25.5. The predicted octanol–water partition coefficient (Wildman–Crippen LogP) is 1.93. The fraction of sp³-hybridized carbons (Fsp3) is 0.500. The normalized spacial score (nSPS) is 21.8. The van der Waals surface area contributed by atoms with Gasteiger partial charge in [0.1, 0.15) is 6.10 Å². The Balaban J connectivity index is 1.62. The molecule has 0 unspecified atom stereocenters. The van der Waals surface area contributed by atoms with Crippen molar-refractivity contribution < 1.29 is 14.3 Å². The van der Waals surface area contributed by atoms with Gasteiger partial charge < -0.3 is 15.0 Å². The predicted molar refractivity (Wildman–Crippen MR) is 78.7 cm³/mol. The van der Waals surface area contributed by atoms with Crippen molar-refractivity contribution in [2.45, 2.75) is 38.3 Å². The highest BCUT2D eigenvalue weighted by atomic mass is 16.5. The molecule has 1 aromatic carbocycles. The van der Waals surface area contributed by atoms with E-state index >= 15 is 0 Å². The Labute approximate surface area is 124 Å². The van der Waals surface area contributed by atoms with E-state index in [-0.39, 0.29) is 17.9 Å². The van der Waals surface area contributed by atoms with E-state index in [1.165, 1.54) is 0 Å². The average Bonchev–Trinajstić information content (AvgIpc) is 3.12. The Morgan fingerprint density at radius 1 is 1.38 bits per heavy atom. The molecule has 2 amide bonds. The lowest BCUT2D eigenvalue weighted by molar-refractivity contribution is -0.128. The van der Waals surface area contributed by atoms with Gasteiger partial charge in [0.05, 0.1) is 0 Å². The van der Waals surface area contributed by atoms with Gasteiger partial charge in [-0.3, -0.25) is 9.59 Å². The molecule has 2 aliphatic rings. The summed E-state index contributed by atoms with van der Waals surface area (Å²) >= 11 is 0. The van der Waals surface area contributed by atoms with E-state index in [2.05, 4.69) is 5.32 Å². The molecule has 2 aliphatic heterocycles. The molecule has 2 saturated heterocycles. The molecular formula is C16H20N2O3. The zero-order valence-corrected chi connectivity index (χ0v) is 12.0. The zero-order valence-electron chi connectivity index (χ0n) is 12.0. The maximum Gasteiger partial charge on any atom is 0.253 e. The monoisotopic (exact) mass is 288 g/mol. The van der Waals surface area contributed by atoms with Crippen molar-refractivity contribution in [2.75, 3.05) is 18.5 Å². The first-order valence-electron chi connectivity index (χ1n) is 7.51. The molecular weight excluding hydrogens is 268 g/mol. The number of carbonyl (C=O) groups is 2. The van der Waals surface area contributed by atoms with E-state index in [0.717, 1.165) is 37.1 Å². The number of nitrogens with one attached hydrogen (secondary N) is 1. The number of hydrogen-bond donors (Lipinski definition) is 1. The van der Waals surface area contributed by atoms with Gasteiger partial charge in [-0.15, -0.1) is 0 Å².